The van der Waals surface area contributed by atoms with Gasteiger partial charge < -0.3 is 20.1 Å². The van der Waals surface area contributed by atoms with Crippen LogP contribution in [0.15, 0.2) is 59.7 Å². The van der Waals surface area contributed by atoms with E-state index in [1.54, 1.807) is 41.1 Å². The van der Waals surface area contributed by atoms with Crippen molar-refractivity contribution in [2.45, 2.75) is 18.9 Å². The molecule has 2 N–H and O–H groups in total. The first-order chi connectivity index (χ1) is 16.3. The minimum absolute atomic E-state index is 0.0536. The standard InChI is InChI=1S/C24H23F2N5O3/c1-30(20-6-8-31(9-7-20)23(33)21-13-28-22(32)14-27-21)24(34)29-19-4-2-15(3-5-19)16-10-17(25)12-18(26)11-16/h2-5,10-14,20H,6-9H2,1H3,(H,28,32)(H,29,34). The molecule has 0 atom stereocenters. The zero-order valence-electron chi connectivity index (χ0n) is 18.4. The molecule has 0 bridgehead atoms. The van der Waals surface area contributed by atoms with E-state index >= 15 is 0 Å². The Kier molecular flexibility index (Phi) is 6.67. The van der Waals surface area contributed by atoms with Crippen LogP contribution in [0.4, 0.5) is 19.3 Å². The number of carbonyl (C=O) groups excluding carboxylic acids is 2. The van der Waals surface area contributed by atoms with Crippen molar-refractivity contribution in [3.05, 3.63) is 82.5 Å². The molecule has 4 rings (SSSR count). The van der Waals surface area contributed by atoms with Gasteiger partial charge in [-0.15, -0.1) is 0 Å². The number of halogens is 2. The number of rotatable bonds is 4. The summed E-state index contributed by atoms with van der Waals surface area (Å²) in [6, 6.07) is 9.65. The van der Waals surface area contributed by atoms with Gasteiger partial charge in [0.15, 0.2) is 0 Å². The Balaban J connectivity index is 1.32. The molecular formula is C24H23F2N5O3. The Labute approximate surface area is 194 Å². The van der Waals surface area contributed by atoms with Gasteiger partial charge in [-0.3, -0.25) is 9.59 Å². The molecule has 1 aliphatic heterocycles. The lowest BCUT2D eigenvalue weighted by atomic mass is 10.0. The van der Waals surface area contributed by atoms with E-state index in [-0.39, 0.29) is 29.2 Å². The third-order valence-corrected chi connectivity index (χ3v) is 5.84. The van der Waals surface area contributed by atoms with Crippen LogP contribution in [0, 0.1) is 11.6 Å². The third kappa shape index (κ3) is 5.28. The fraction of sp³-hybridized carbons (Fsp3) is 0.250. The van der Waals surface area contributed by atoms with Gasteiger partial charge in [-0.25, -0.2) is 18.6 Å². The molecule has 3 aromatic rings. The summed E-state index contributed by atoms with van der Waals surface area (Å²) in [5.74, 6) is -1.58. The Hall–Kier alpha value is -4.08. The summed E-state index contributed by atoms with van der Waals surface area (Å²) in [6.07, 6.45) is 3.57. The number of nitrogens with zero attached hydrogens (tertiary/aromatic N) is 3. The molecule has 8 nitrogen and oxygen atoms in total. The molecule has 0 aliphatic carbocycles. The summed E-state index contributed by atoms with van der Waals surface area (Å²) in [4.78, 5) is 45.9. The number of likely N-dealkylation sites (tertiary alicyclic amines) is 1. The van der Waals surface area contributed by atoms with Gasteiger partial charge in [-0.05, 0) is 48.2 Å². The summed E-state index contributed by atoms with van der Waals surface area (Å²) in [7, 11) is 1.70. The zero-order valence-corrected chi connectivity index (χ0v) is 18.4. The quantitative estimate of drug-likeness (QED) is 0.614. The van der Waals surface area contributed by atoms with Crippen molar-refractivity contribution in [2.75, 3.05) is 25.5 Å². The number of aromatic amines is 1. The molecule has 0 saturated carbocycles. The van der Waals surface area contributed by atoms with Crippen LogP contribution in [0.25, 0.3) is 11.1 Å². The summed E-state index contributed by atoms with van der Waals surface area (Å²) in [5, 5.41) is 2.82. The maximum Gasteiger partial charge on any atom is 0.321 e. The van der Waals surface area contributed by atoms with Crippen LogP contribution in [-0.2, 0) is 0 Å². The number of piperidine rings is 1. The second-order valence-electron chi connectivity index (χ2n) is 8.10. The van der Waals surface area contributed by atoms with Crippen LogP contribution in [0.3, 0.4) is 0 Å². The van der Waals surface area contributed by atoms with Gasteiger partial charge in [-0.2, -0.15) is 0 Å². The number of urea groups is 1. The van der Waals surface area contributed by atoms with E-state index in [1.807, 2.05) is 0 Å². The van der Waals surface area contributed by atoms with Gasteiger partial charge in [0.25, 0.3) is 11.5 Å². The van der Waals surface area contributed by atoms with Crippen LogP contribution in [0.2, 0.25) is 0 Å². The van der Waals surface area contributed by atoms with Crippen molar-refractivity contribution in [2.24, 2.45) is 0 Å². The molecule has 2 aromatic carbocycles. The molecule has 2 heterocycles. The molecule has 0 radical (unpaired) electrons. The highest BCUT2D eigenvalue weighted by Gasteiger charge is 2.28. The average molecular weight is 467 g/mol. The summed E-state index contributed by atoms with van der Waals surface area (Å²) >= 11 is 0. The van der Waals surface area contributed by atoms with Gasteiger partial charge in [0.05, 0.1) is 6.20 Å². The van der Waals surface area contributed by atoms with E-state index in [9.17, 15) is 23.2 Å². The van der Waals surface area contributed by atoms with Crippen molar-refractivity contribution in [3.63, 3.8) is 0 Å². The number of hydrogen-bond acceptors (Lipinski definition) is 4. The first kappa shape index (κ1) is 23.1. The number of H-pyrrole nitrogens is 1. The number of nitrogens with one attached hydrogen (secondary N) is 2. The Morgan fingerprint density at radius 3 is 2.29 bits per heavy atom. The molecule has 34 heavy (non-hydrogen) atoms. The second kappa shape index (κ2) is 9.82. The maximum absolute atomic E-state index is 13.5. The summed E-state index contributed by atoms with van der Waals surface area (Å²) < 4.78 is 26.9. The first-order valence-electron chi connectivity index (χ1n) is 10.7. The topological polar surface area (TPSA) is 98.4 Å². The van der Waals surface area contributed by atoms with Gasteiger partial charge in [0, 0.05) is 44.1 Å². The fourth-order valence-electron chi connectivity index (χ4n) is 3.92. The maximum atomic E-state index is 13.5. The number of amides is 3. The molecule has 10 heteroatoms. The highest BCUT2D eigenvalue weighted by atomic mass is 19.1. The number of hydrogen-bond donors (Lipinski definition) is 2. The van der Waals surface area contributed by atoms with Gasteiger partial charge in [-0.1, -0.05) is 12.1 Å². The lowest BCUT2D eigenvalue weighted by molar-refractivity contribution is 0.0665. The lowest BCUT2D eigenvalue weighted by Crippen LogP contribution is -2.48. The monoisotopic (exact) mass is 467 g/mol. The number of aromatic nitrogens is 2. The fourth-order valence-corrected chi connectivity index (χ4v) is 3.92. The van der Waals surface area contributed by atoms with E-state index in [0.29, 0.717) is 42.7 Å². The lowest BCUT2D eigenvalue weighted by Gasteiger charge is -2.36. The van der Waals surface area contributed by atoms with E-state index in [4.69, 9.17) is 0 Å². The summed E-state index contributed by atoms with van der Waals surface area (Å²) in [6.45, 7) is 0.918. The number of anilines is 1. The van der Waals surface area contributed by atoms with Crippen LogP contribution in [-0.4, -0.2) is 57.9 Å². The van der Waals surface area contributed by atoms with Gasteiger partial charge in [0.1, 0.15) is 17.3 Å². The Bertz CT molecular complexity index is 1210. The molecule has 1 aromatic heterocycles. The molecule has 1 aliphatic rings. The predicted molar refractivity (Wildman–Crippen MR) is 122 cm³/mol. The van der Waals surface area contributed by atoms with E-state index in [1.165, 1.54) is 18.3 Å². The molecule has 1 saturated heterocycles. The van der Waals surface area contributed by atoms with E-state index in [2.05, 4.69) is 15.3 Å². The minimum atomic E-state index is -0.656. The van der Waals surface area contributed by atoms with Crippen LogP contribution >= 0.6 is 0 Å². The van der Waals surface area contributed by atoms with E-state index in [0.717, 1.165) is 12.3 Å². The van der Waals surface area contributed by atoms with Crippen molar-refractivity contribution >= 4 is 17.6 Å². The summed E-state index contributed by atoms with van der Waals surface area (Å²) in [5.41, 5.74) is 1.38. The Morgan fingerprint density at radius 2 is 1.71 bits per heavy atom. The zero-order chi connectivity index (χ0) is 24.2. The molecular weight excluding hydrogens is 444 g/mol. The SMILES string of the molecule is CN(C(=O)Nc1ccc(-c2cc(F)cc(F)c2)cc1)C1CCN(C(=O)c2c[nH]c(=O)cn2)CC1. The molecule has 0 spiro atoms. The van der Waals surface area contributed by atoms with Crippen molar-refractivity contribution in [1.82, 2.24) is 19.8 Å². The highest BCUT2D eigenvalue weighted by molar-refractivity contribution is 5.92. The molecule has 176 valence electrons. The van der Waals surface area contributed by atoms with Crippen LogP contribution in [0.5, 0.6) is 0 Å². The number of benzene rings is 2. The third-order valence-electron chi connectivity index (χ3n) is 5.84. The van der Waals surface area contributed by atoms with E-state index < -0.39 is 11.6 Å². The van der Waals surface area contributed by atoms with Crippen molar-refractivity contribution in [3.8, 4) is 11.1 Å². The van der Waals surface area contributed by atoms with Gasteiger partial charge in [0.2, 0.25) is 0 Å². The van der Waals surface area contributed by atoms with Crippen molar-refractivity contribution in [1.29, 1.82) is 0 Å². The van der Waals surface area contributed by atoms with Crippen LogP contribution < -0.4 is 10.9 Å². The smallest absolute Gasteiger partial charge is 0.321 e. The largest absolute Gasteiger partial charge is 0.337 e. The second-order valence-corrected chi connectivity index (χ2v) is 8.10. The molecule has 1 fully saturated rings. The normalized spacial score (nSPS) is 14.0. The number of carbonyl (C=O) groups is 2. The highest BCUT2D eigenvalue weighted by Crippen LogP contribution is 2.24. The first-order valence-corrected chi connectivity index (χ1v) is 10.7. The predicted octanol–water partition coefficient (Wildman–Crippen LogP) is 3.48. The minimum Gasteiger partial charge on any atom is -0.337 e. The van der Waals surface area contributed by atoms with Crippen LogP contribution in [0.1, 0.15) is 23.3 Å². The Morgan fingerprint density at radius 1 is 1.06 bits per heavy atom. The van der Waals surface area contributed by atoms with Gasteiger partial charge >= 0.3 is 6.03 Å². The molecule has 3 amide bonds. The molecule has 0 unspecified atom stereocenters. The van der Waals surface area contributed by atoms with Crippen molar-refractivity contribution < 1.29 is 18.4 Å². The average Bonchev–Trinajstić information content (AvgIpc) is 2.83.